The summed E-state index contributed by atoms with van der Waals surface area (Å²) < 4.78 is 1.88. The number of aromatic nitrogens is 1. The van der Waals surface area contributed by atoms with Crippen LogP contribution in [0.2, 0.25) is 5.02 Å². The number of nitrogens with zero attached hydrogens (tertiary/aromatic N) is 1. The third-order valence-corrected chi connectivity index (χ3v) is 5.08. The van der Waals surface area contributed by atoms with Crippen molar-refractivity contribution in [3.63, 3.8) is 0 Å². The summed E-state index contributed by atoms with van der Waals surface area (Å²) in [6.45, 7) is 2.01. The maximum Gasteiger partial charge on any atom is 0.258 e. The van der Waals surface area contributed by atoms with Crippen molar-refractivity contribution in [2.45, 2.75) is 6.92 Å². The molecule has 1 heterocycles. The van der Waals surface area contributed by atoms with Crippen molar-refractivity contribution in [2.24, 2.45) is 0 Å². The van der Waals surface area contributed by atoms with Gasteiger partial charge in [-0.1, -0.05) is 35.1 Å². The van der Waals surface area contributed by atoms with Crippen LogP contribution in [-0.4, -0.2) is 10.9 Å². The van der Waals surface area contributed by atoms with Gasteiger partial charge in [0.2, 0.25) is 0 Å². The van der Waals surface area contributed by atoms with Crippen LogP contribution < -0.4 is 5.32 Å². The summed E-state index contributed by atoms with van der Waals surface area (Å²) in [4.78, 5) is 16.8. The Morgan fingerprint density at radius 1 is 1.33 bits per heavy atom. The predicted molar refractivity (Wildman–Crippen MR) is 96.5 cm³/mol. The van der Waals surface area contributed by atoms with E-state index >= 15 is 0 Å². The van der Waals surface area contributed by atoms with Crippen LogP contribution in [0.1, 0.15) is 15.9 Å². The topological polar surface area (TPSA) is 42.0 Å². The van der Waals surface area contributed by atoms with E-state index in [1.807, 2.05) is 25.1 Å². The van der Waals surface area contributed by atoms with Crippen LogP contribution in [0.15, 0.2) is 36.4 Å². The summed E-state index contributed by atoms with van der Waals surface area (Å²) in [5.74, 6) is -0.173. The number of nitrogens with one attached hydrogen (secondary N) is 1. The Labute approximate surface area is 144 Å². The zero-order valence-corrected chi connectivity index (χ0v) is 14.7. The summed E-state index contributed by atoms with van der Waals surface area (Å²) >= 11 is 9.48. The van der Waals surface area contributed by atoms with Crippen molar-refractivity contribution in [2.75, 3.05) is 5.32 Å². The Balaban J connectivity index is 1.91. The Bertz CT molecular complexity index is 847. The number of carbonyl (C=O) groups is 1. The van der Waals surface area contributed by atoms with E-state index in [0.29, 0.717) is 15.7 Å². The van der Waals surface area contributed by atoms with Crippen molar-refractivity contribution in [1.82, 2.24) is 4.98 Å². The molecule has 6 heteroatoms. The number of fused-ring (bicyclic) bond motifs is 1. The molecule has 0 aliphatic rings. The van der Waals surface area contributed by atoms with Crippen LogP contribution in [0, 0.1) is 10.5 Å². The second-order valence-corrected chi connectivity index (χ2v) is 7.15. The van der Waals surface area contributed by atoms with Gasteiger partial charge in [-0.3, -0.25) is 10.1 Å². The number of amides is 1. The summed E-state index contributed by atoms with van der Waals surface area (Å²) in [5.41, 5.74) is 2.63. The number of aryl methyl sites for hydroxylation is 1. The Hall–Kier alpha value is -1.18. The minimum atomic E-state index is -0.173. The number of rotatable bonds is 2. The number of halogens is 2. The van der Waals surface area contributed by atoms with E-state index in [9.17, 15) is 4.79 Å². The zero-order chi connectivity index (χ0) is 15.0. The highest BCUT2D eigenvalue weighted by Crippen LogP contribution is 2.28. The van der Waals surface area contributed by atoms with Gasteiger partial charge in [0.15, 0.2) is 5.13 Å². The fraction of sp³-hybridized carbons (Fsp3) is 0.0667. The van der Waals surface area contributed by atoms with Gasteiger partial charge >= 0.3 is 0 Å². The molecule has 0 fully saturated rings. The highest BCUT2D eigenvalue weighted by Gasteiger charge is 2.13. The zero-order valence-electron chi connectivity index (χ0n) is 11.0. The lowest BCUT2D eigenvalue weighted by molar-refractivity contribution is 0.102. The second-order valence-electron chi connectivity index (χ2n) is 4.52. The van der Waals surface area contributed by atoms with Crippen LogP contribution in [0.25, 0.3) is 10.2 Å². The molecule has 1 aromatic heterocycles. The third kappa shape index (κ3) is 3.04. The molecule has 0 unspecified atom stereocenters. The van der Waals surface area contributed by atoms with Crippen molar-refractivity contribution >= 4 is 66.8 Å². The van der Waals surface area contributed by atoms with Gasteiger partial charge < -0.3 is 0 Å². The maximum atomic E-state index is 12.3. The van der Waals surface area contributed by atoms with Gasteiger partial charge in [0, 0.05) is 8.59 Å². The number of carbonyl (C=O) groups excluding carboxylic acids is 1. The van der Waals surface area contributed by atoms with E-state index in [2.05, 4.69) is 32.9 Å². The molecule has 3 nitrogen and oxygen atoms in total. The molecule has 0 aliphatic carbocycles. The van der Waals surface area contributed by atoms with Gasteiger partial charge in [0.25, 0.3) is 5.91 Å². The fourth-order valence-electron chi connectivity index (χ4n) is 1.98. The third-order valence-electron chi connectivity index (χ3n) is 3.02. The molecule has 0 atom stereocenters. The monoisotopic (exact) mass is 428 g/mol. The molecule has 3 aromatic rings. The van der Waals surface area contributed by atoms with Gasteiger partial charge in [-0.2, -0.15) is 0 Å². The fourth-order valence-corrected chi connectivity index (χ4v) is 4.03. The lowest BCUT2D eigenvalue weighted by Gasteiger charge is -2.04. The van der Waals surface area contributed by atoms with Crippen LogP contribution >= 0.6 is 45.5 Å². The molecular weight excluding hydrogens is 419 g/mol. The number of para-hydroxylation sites is 1. The van der Waals surface area contributed by atoms with E-state index in [1.165, 1.54) is 11.3 Å². The molecule has 0 radical (unpaired) electrons. The largest absolute Gasteiger partial charge is 0.298 e. The molecular formula is C15H10ClIN2OS. The minimum absolute atomic E-state index is 0.173. The van der Waals surface area contributed by atoms with E-state index in [4.69, 9.17) is 11.6 Å². The molecule has 0 saturated heterocycles. The van der Waals surface area contributed by atoms with Crippen LogP contribution in [0.4, 0.5) is 5.13 Å². The average molecular weight is 429 g/mol. The van der Waals surface area contributed by atoms with Crippen LogP contribution in [0.5, 0.6) is 0 Å². The highest BCUT2D eigenvalue weighted by molar-refractivity contribution is 14.1. The number of hydrogen-bond donors (Lipinski definition) is 1. The number of benzene rings is 2. The SMILES string of the molecule is Cc1cccc2sc(NC(=O)c3ccc(Cl)cc3I)nc12. The quantitative estimate of drug-likeness (QED) is 0.576. The lowest BCUT2D eigenvalue weighted by atomic mass is 10.2. The summed E-state index contributed by atoms with van der Waals surface area (Å²) in [7, 11) is 0. The molecule has 0 spiro atoms. The van der Waals surface area contributed by atoms with Crippen LogP contribution in [-0.2, 0) is 0 Å². The van der Waals surface area contributed by atoms with E-state index in [1.54, 1.807) is 18.2 Å². The maximum absolute atomic E-state index is 12.3. The summed E-state index contributed by atoms with van der Waals surface area (Å²) in [6, 6.07) is 11.2. The molecule has 1 amide bonds. The molecule has 106 valence electrons. The number of hydrogen-bond acceptors (Lipinski definition) is 3. The van der Waals surface area contributed by atoms with Crippen LogP contribution in [0.3, 0.4) is 0 Å². The highest BCUT2D eigenvalue weighted by atomic mass is 127. The van der Waals surface area contributed by atoms with Gasteiger partial charge in [-0.05, 0) is 59.3 Å². The van der Waals surface area contributed by atoms with E-state index < -0.39 is 0 Å². The van der Waals surface area contributed by atoms with Gasteiger partial charge in [0.1, 0.15) is 0 Å². The first kappa shape index (κ1) is 14.7. The Morgan fingerprint density at radius 2 is 2.14 bits per heavy atom. The van der Waals surface area contributed by atoms with Gasteiger partial charge in [-0.15, -0.1) is 0 Å². The normalized spacial score (nSPS) is 10.8. The average Bonchev–Trinajstić information content (AvgIpc) is 2.82. The second kappa shape index (κ2) is 5.90. The number of anilines is 1. The molecule has 0 aliphatic heterocycles. The molecule has 21 heavy (non-hydrogen) atoms. The smallest absolute Gasteiger partial charge is 0.258 e. The lowest BCUT2D eigenvalue weighted by Crippen LogP contribution is -2.13. The first-order chi connectivity index (χ1) is 10.0. The standard InChI is InChI=1S/C15H10ClIN2OS/c1-8-3-2-4-12-13(8)18-15(21-12)19-14(20)10-6-5-9(16)7-11(10)17/h2-7H,1H3,(H,18,19,20). The van der Waals surface area contributed by atoms with E-state index in [0.717, 1.165) is 19.4 Å². The Kier molecular flexibility index (Phi) is 4.14. The number of thiazole rings is 1. The summed E-state index contributed by atoms with van der Waals surface area (Å²) in [5, 5.41) is 4.08. The molecule has 1 N–H and O–H groups in total. The van der Waals surface area contributed by atoms with Crippen molar-refractivity contribution in [3.8, 4) is 0 Å². The van der Waals surface area contributed by atoms with Crippen molar-refractivity contribution in [3.05, 3.63) is 56.1 Å². The van der Waals surface area contributed by atoms with E-state index in [-0.39, 0.29) is 5.91 Å². The predicted octanol–water partition coefficient (Wildman–Crippen LogP) is 5.12. The first-order valence-electron chi connectivity index (χ1n) is 6.17. The molecule has 0 bridgehead atoms. The van der Waals surface area contributed by atoms with Gasteiger partial charge in [-0.25, -0.2) is 4.98 Å². The molecule has 2 aromatic carbocycles. The Morgan fingerprint density at radius 3 is 2.86 bits per heavy atom. The van der Waals surface area contributed by atoms with Crippen molar-refractivity contribution in [1.29, 1.82) is 0 Å². The molecule has 3 rings (SSSR count). The first-order valence-corrected chi connectivity index (χ1v) is 8.44. The van der Waals surface area contributed by atoms with Gasteiger partial charge in [0.05, 0.1) is 15.8 Å². The molecule has 0 saturated carbocycles. The van der Waals surface area contributed by atoms with Crippen molar-refractivity contribution < 1.29 is 4.79 Å². The summed E-state index contributed by atoms with van der Waals surface area (Å²) in [6.07, 6.45) is 0. The minimum Gasteiger partial charge on any atom is -0.298 e.